The second-order valence-corrected chi connectivity index (χ2v) is 5.69. The average molecular weight is 339 g/mol. The normalized spacial score (nSPS) is 10.1. The van der Waals surface area contributed by atoms with Gasteiger partial charge in [-0.15, -0.1) is 0 Å². The van der Waals surface area contributed by atoms with E-state index in [2.05, 4.69) is 0 Å². The topological polar surface area (TPSA) is 90.7 Å². The minimum Gasteiger partial charge on any atom is -0.258 e. The number of benzene rings is 3. The summed E-state index contributed by atoms with van der Waals surface area (Å²) < 4.78 is 0. The summed E-state index contributed by atoms with van der Waals surface area (Å²) in [5.41, 5.74) is 4.61. The highest BCUT2D eigenvalue weighted by Gasteiger charge is 2.09. The third-order valence-corrected chi connectivity index (χ3v) is 4.13. The van der Waals surface area contributed by atoms with Crippen LogP contribution in [0.15, 0.2) is 72.8 Å². The third kappa shape index (κ3) is 3.43. The molecule has 3 rings (SSSR count). The van der Waals surface area contributed by atoms with Gasteiger partial charge in [-0.25, -0.2) is 0 Å². The van der Waals surface area contributed by atoms with Crippen LogP contribution in [0.4, 0.5) is 5.69 Å². The van der Waals surface area contributed by atoms with Gasteiger partial charge in [-0.3, -0.25) is 10.1 Å². The molecule has 0 atom stereocenters. The summed E-state index contributed by atoms with van der Waals surface area (Å²) in [6.07, 6.45) is 0. The summed E-state index contributed by atoms with van der Waals surface area (Å²) in [5.74, 6) is -0.756. The van der Waals surface area contributed by atoms with E-state index in [0.29, 0.717) is 5.56 Å². The van der Waals surface area contributed by atoms with Crippen LogP contribution in [0.25, 0.3) is 22.3 Å². The SMILES string of the molecule is N#CC(C#N)c1ccc(-c2ccc(-c3ccc([N+](=O)[O-])cc3)cc2)cc1. The predicted molar refractivity (Wildman–Crippen MR) is 97.9 cm³/mol. The van der Waals surface area contributed by atoms with Gasteiger partial charge in [-0.1, -0.05) is 48.5 Å². The van der Waals surface area contributed by atoms with Crippen molar-refractivity contribution in [2.45, 2.75) is 5.92 Å². The van der Waals surface area contributed by atoms with E-state index in [0.717, 1.165) is 22.3 Å². The Labute approximate surface area is 150 Å². The third-order valence-electron chi connectivity index (χ3n) is 4.13. The van der Waals surface area contributed by atoms with E-state index in [9.17, 15) is 10.1 Å². The van der Waals surface area contributed by atoms with Crippen molar-refractivity contribution in [2.24, 2.45) is 0 Å². The van der Waals surface area contributed by atoms with Crippen LogP contribution in [0.2, 0.25) is 0 Å². The van der Waals surface area contributed by atoms with E-state index >= 15 is 0 Å². The number of hydrogen-bond acceptors (Lipinski definition) is 4. The number of non-ortho nitro benzene ring substituents is 1. The van der Waals surface area contributed by atoms with Crippen LogP contribution in [0, 0.1) is 32.8 Å². The number of nitriles is 2. The maximum Gasteiger partial charge on any atom is 0.269 e. The van der Waals surface area contributed by atoms with Crippen LogP contribution < -0.4 is 0 Å². The van der Waals surface area contributed by atoms with Crippen LogP contribution in [-0.4, -0.2) is 4.92 Å². The van der Waals surface area contributed by atoms with Gasteiger partial charge in [0.1, 0.15) is 0 Å². The number of rotatable bonds is 4. The van der Waals surface area contributed by atoms with Crippen molar-refractivity contribution in [3.05, 3.63) is 88.5 Å². The summed E-state index contributed by atoms with van der Waals surface area (Å²) in [4.78, 5) is 10.3. The molecule has 3 aromatic rings. The van der Waals surface area contributed by atoms with Crippen molar-refractivity contribution >= 4 is 5.69 Å². The molecule has 0 amide bonds. The smallest absolute Gasteiger partial charge is 0.258 e. The quantitative estimate of drug-likeness (QED) is 0.490. The molecule has 0 saturated carbocycles. The van der Waals surface area contributed by atoms with Crippen LogP contribution in [0.5, 0.6) is 0 Å². The van der Waals surface area contributed by atoms with E-state index in [4.69, 9.17) is 10.5 Å². The zero-order chi connectivity index (χ0) is 18.5. The predicted octanol–water partition coefficient (Wildman–Crippen LogP) is 5.06. The second-order valence-electron chi connectivity index (χ2n) is 5.69. The molecule has 0 aliphatic rings. The van der Waals surface area contributed by atoms with Gasteiger partial charge in [-0.2, -0.15) is 10.5 Å². The van der Waals surface area contributed by atoms with Gasteiger partial charge in [0.15, 0.2) is 5.92 Å². The van der Waals surface area contributed by atoms with Gasteiger partial charge in [0.2, 0.25) is 0 Å². The highest BCUT2D eigenvalue weighted by Crippen LogP contribution is 2.27. The lowest BCUT2D eigenvalue weighted by molar-refractivity contribution is -0.384. The Morgan fingerprint density at radius 2 is 1.04 bits per heavy atom. The molecule has 3 aromatic carbocycles. The summed E-state index contributed by atoms with van der Waals surface area (Å²) >= 11 is 0. The molecule has 0 heterocycles. The minimum absolute atomic E-state index is 0.0681. The molecule has 0 radical (unpaired) electrons. The van der Waals surface area contributed by atoms with E-state index in [1.165, 1.54) is 12.1 Å². The second kappa shape index (κ2) is 7.29. The van der Waals surface area contributed by atoms with Crippen molar-refractivity contribution in [1.82, 2.24) is 0 Å². The molecule has 5 heteroatoms. The molecule has 0 N–H and O–H groups in total. The van der Waals surface area contributed by atoms with Gasteiger partial charge in [0.05, 0.1) is 17.1 Å². The highest BCUT2D eigenvalue weighted by atomic mass is 16.6. The highest BCUT2D eigenvalue weighted by molar-refractivity contribution is 5.71. The van der Waals surface area contributed by atoms with Crippen LogP contribution in [0.3, 0.4) is 0 Å². The molecule has 5 nitrogen and oxygen atoms in total. The van der Waals surface area contributed by atoms with E-state index < -0.39 is 10.8 Å². The Hall–Kier alpha value is -3.96. The first-order valence-corrected chi connectivity index (χ1v) is 7.87. The molecular formula is C21H13N3O2. The maximum atomic E-state index is 10.7. The largest absolute Gasteiger partial charge is 0.269 e. The molecule has 0 saturated heterocycles. The molecule has 0 aliphatic carbocycles. The summed E-state index contributed by atoms with van der Waals surface area (Å²) in [6, 6.07) is 25.6. The zero-order valence-electron chi connectivity index (χ0n) is 13.7. The minimum atomic E-state index is -0.756. The number of hydrogen-bond donors (Lipinski definition) is 0. The van der Waals surface area contributed by atoms with Crippen molar-refractivity contribution in [1.29, 1.82) is 10.5 Å². The van der Waals surface area contributed by atoms with Crippen LogP contribution in [-0.2, 0) is 0 Å². The summed E-state index contributed by atoms with van der Waals surface area (Å²) in [7, 11) is 0. The van der Waals surface area contributed by atoms with Gasteiger partial charge in [0.25, 0.3) is 5.69 Å². The fourth-order valence-electron chi connectivity index (χ4n) is 2.68. The van der Waals surface area contributed by atoms with E-state index in [1.807, 2.05) is 48.5 Å². The summed E-state index contributed by atoms with van der Waals surface area (Å²) in [5, 5.41) is 28.6. The zero-order valence-corrected chi connectivity index (χ0v) is 13.7. The van der Waals surface area contributed by atoms with Gasteiger partial charge in [-0.05, 0) is 39.9 Å². The number of nitro groups is 1. The molecule has 0 aliphatic heterocycles. The number of nitrogens with zero attached hydrogens (tertiary/aromatic N) is 3. The average Bonchev–Trinajstić information content (AvgIpc) is 2.70. The molecule has 0 fully saturated rings. The molecule has 0 bridgehead atoms. The van der Waals surface area contributed by atoms with Gasteiger partial charge < -0.3 is 0 Å². The van der Waals surface area contributed by atoms with Crippen molar-refractivity contribution in [3.8, 4) is 34.4 Å². The fraction of sp³-hybridized carbons (Fsp3) is 0.0476. The van der Waals surface area contributed by atoms with E-state index in [1.54, 1.807) is 24.3 Å². The Morgan fingerprint density at radius 1 is 0.692 bits per heavy atom. The first kappa shape index (κ1) is 16.9. The van der Waals surface area contributed by atoms with Crippen molar-refractivity contribution in [3.63, 3.8) is 0 Å². The van der Waals surface area contributed by atoms with Gasteiger partial charge >= 0.3 is 0 Å². The first-order chi connectivity index (χ1) is 12.6. The van der Waals surface area contributed by atoms with Crippen molar-refractivity contribution < 1.29 is 4.92 Å². The van der Waals surface area contributed by atoms with E-state index in [-0.39, 0.29) is 5.69 Å². The lowest BCUT2D eigenvalue weighted by atomic mass is 9.97. The Kier molecular flexibility index (Phi) is 4.74. The molecule has 0 spiro atoms. The standard InChI is InChI=1S/C21H13N3O2/c22-13-20(14-23)19-7-5-16(6-8-19)15-1-3-17(4-2-15)18-9-11-21(12-10-18)24(25)26/h1-12,20H. The Balaban J connectivity index is 1.82. The Bertz CT molecular complexity index is 995. The van der Waals surface area contributed by atoms with Crippen molar-refractivity contribution in [2.75, 3.05) is 0 Å². The van der Waals surface area contributed by atoms with Gasteiger partial charge in [0, 0.05) is 12.1 Å². The Morgan fingerprint density at radius 3 is 1.38 bits per heavy atom. The number of nitro benzene ring substituents is 1. The monoisotopic (exact) mass is 339 g/mol. The first-order valence-electron chi connectivity index (χ1n) is 7.87. The molecule has 26 heavy (non-hydrogen) atoms. The summed E-state index contributed by atoms with van der Waals surface area (Å²) in [6.45, 7) is 0. The van der Waals surface area contributed by atoms with Crippen LogP contribution >= 0.6 is 0 Å². The molecular weight excluding hydrogens is 326 g/mol. The molecule has 0 aromatic heterocycles. The maximum absolute atomic E-state index is 10.7. The molecule has 0 unspecified atom stereocenters. The molecule has 124 valence electrons. The lowest BCUT2D eigenvalue weighted by Crippen LogP contribution is -1.91. The fourth-order valence-corrected chi connectivity index (χ4v) is 2.68. The van der Waals surface area contributed by atoms with Crippen LogP contribution in [0.1, 0.15) is 11.5 Å². The lowest BCUT2D eigenvalue weighted by Gasteiger charge is -2.07.